The van der Waals surface area contributed by atoms with E-state index in [2.05, 4.69) is 0 Å². The molecule has 84 valence electrons. The Morgan fingerprint density at radius 2 is 2.13 bits per heavy atom. The van der Waals surface area contributed by atoms with Gasteiger partial charge in [0.05, 0.1) is 11.0 Å². The number of hydrogen-bond donors (Lipinski definition) is 2. The van der Waals surface area contributed by atoms with Crippen LogP contribution >= 0.6 is 0 Å². The van der Waals surface area contributed by atoms with Gasteiger partial charge in [-0.25, -0.2) is 0 Å². The van der Waals surface area contributed by atoms with Crippen LogP contribution in [0.15, 0.2) is 24.3 Å². The van der Waals surface area contributed by atoms with Crippen molar-refractivity contribution < 1.29 is 14.8 Å². The van der Waals surface area contributed by atoms with Crippen LogP contribution < -0.4 is 10.9 Å². The van der Waals surface area contributed by atoms with Crippen molar-refractivity contribution in [2.24, 2.45) is 0 Å². The molecular formula is C9H14N2O4. The molecule has 4 N–H and O–H groups in total. The second-order valence-electron chi connectivity index (χ2n) is 2.88. The van der Waals surface area contributed by atoms with E-state index in [-0.39, 0.29) is 24.2 Å². The molecule has 0 aliphatic rings. The van der Waals surface area contributed by atoms with Crippen molar-refractivity contribution in [2.75, 3.05) is 6.61 Å². The van der Waals surface area contributed by atoms with Crippen LogP contribution in [0.5, 0.6) is 5.75 Å². The highest BCUT2D eigenvalue weighted by molar-refractivity contribution is 5.45. The topological polar surface area (TPSA) is 108 Å². The number of aliphatic hydroxyl groups excluding tert-OH is 1. The molecule has 1 aromatic rings. The van der Waals surface area contributed by atoms with Crippen molar-refractivity contribution in [1.29, 1.82) is 0 Å². The first-order chi connectivity index (χ1) is 6.61. The van der Waals surface area contributed by atoms with Gasteiger partial charge in [0, 0.05) is 6.07 Å². The lowest BCUT2D eigenvalue weighted by atomic mass is 10.3. The molecule has 0 fully saturated rings. The van der Waals surface area contributed by atoms with Crippen molar-refractivity contribution in [3.8, 4) is 5.75 Å². The fourth-order valence-electron chi connectivity index (χ4n) is 0.940. The molecule has 0 radical (unpaired) electrons. The molecule has 1 rings (SSSR count). The first-order valence-corrected chi connectivity index (χ1v) is 4.15. The number of benzene rings is 1. The Morgan fingerprint density at radius 3 is 2.67 bits per heavy atom. The molecule has 0 saturated heterocycles. The summed E-state index contributed by atoms with van der Waals surface area (Å²) in [6.45, 7) is 1.60. The van der Waals surface area contributed by atoms with Gasteiger partial charge in [-0.3, -0.25) is 10.1 Å². The normalized spacial score (nSPS) is 11.3. The van der Waals surface area contributed by atoms with E-state index >= 15 is 0 Å². The lowest BCUT2D eigenvalue weighted by molar-refractivity contribution is -0.385. The summed E-state index contributed by atoms with van der Waals surface area (Å²) in [6.07, 6.45) is -0.644. The first kappa shape index (κ1) is 13.3. The van der Waals surface area contributed by atoms with Gasteiger partial charge in [0.25, 0.3) is 0 Å². The molecule has 0 aromatic heterocycles. The molecule has 1 aromatic carbocycles. The van der Waals surface area contributed by atoms with E-state index in [0.717, 1.165) is 0 Å². The Kier molecular flexibility index (Phi) is 5.29. The van der Waals surface area contributed by atoms with Crippen LogP contribution in [-0.2, 0) is 0 Å². The molecule has 0 spiro atoms. The second-order valence-corrected chi connectivity index (χ2v) is 2.88. The van der Waals surface area contributed by atoms with Crippen molar-refractivity contribution in [3.05, 3.63) is 34.4 Å². The molecule has 0 bridgehead atoms. The van der Waals surface area contributed by atoms with E-state index < -0.39 is 11.0 Å². The summed E-state index contributed by atoms with van der Waals surface area (Å²) in [4.78, 5) is 10.0. The molecule has 1 atom stereocenters. The van der Waals surface area contributed by atoms with Gasteiger partial charge in [0.1, 0.15) is 6.61 Å². The molecule has 1 unspecified atom stereocenters. The number of nitro groups is 1. The number of ether oxygens (including phenoxy) is 1. The fraction of sp³-hybridized carbons (Fsp3) is 0.333. The van der Waals surface area contributed by atoms with Crippen LogP contribution in [0.1, 0.15) is 6.92 Å². The van der Waals surface area contributed by atoms with Crippen LogP contribution in [0.4, 0.5) is 5.69 Å². The van der Waals surface area contributed by atoms with Crippen LogP contribution in [-0.4, -0.2) is 22.7 Å². The average molecular weight is 214 g/mol. The highest BCUT2D eigenvalue weighted by Gasteiger charge is 2.13. The fourth-order valence-corrected chi connectivity index (χ4v) is 0.940. The summed E-state index contributed by atoms with van der Waals surface area (Å²) in [5, 5.41) is 19.5. The van der Waals surface area contributed by atoms with E-state index in [1.54, 1.807) is 19.1 Å². The lowest BCUT2D eigenvalue weighted by Crippen LogP contribution is -2.13. The minimum Gasteiger partial charge on any atom is -0.484 e. The zero-order chi connectivity index (χ0) is 10.6. The van der Waals surface area contributed by atoms with Crippen molar-refractivity contribution in [1.82, 2.24) is 6.15 Å². The summed E-state index contributed by atoms with van der Waals surface area (Å²) in [5.41, 5.74) is -0.0897. The molecule has 0 saturated carbocycles. The van der Waals surface area contributed by atoms with Crippen LogP contribution in [0.25, 0.3) is 0 Å². The smallest absolute Gasteiger partial charge is 0.310 e. The van der Waals surface area contributed by atoms with Gasteiger partial charge in [0.2, 0.25) is 0 Å². The van der Waals surface area contributed by atoms with E-state index in [9.17, 15) is 10.1 Å². The Labute approximate surface area is 87.2 Å². The zero-order valence-corrected chi connectivity index (χ0v) is 8.42. The quantitative estimate of drug-likeness (QED) is 0.583. The summed E-state index contributed by atoms with van der Waals surface area (Å²) in [7, 11) is 0. The van der Waals surface area contributed by atoms with Crippen molar-refractivity contribution >= 4 is 5.69 Å². The molecule has 0 amide bonds. The maximum absolute atomic E-state index is 10.5. The second kappa shape index (κ2) is 5.94. The predicted octanol–water partition coefficient (Wildman–Crippen LogP) is 1.52. The maximum atomic E-state index is 10.5. The van der Waals surface area contributed by atoms with E-state index in [1.165, 1.54) is 12.1 Å². The molecule has 0 heterocycles. The average Bonchev–Trinajstić information content (AvgIpc) is 2.15. The summed E-state index contributed by atoms with van der Waals surface area (Å²) in [6, 6.07) is 6.07. The number of para-hydroxylation sites is 2. The van der Waals surface area contributed by atoms with Gasteiger partial charge < -0.3 is 16.0 Å². The van der Waals surface area contributed by atoms with Gasteiger partial charge >= 0.3 is 5.69 Å². The van der Waals surface area contributed by atoms with Gasteiger partial charge in [-0.15, -0.1) is 0 Å². The lowest BCUT2D eigenvalue weighted by Gasteiger charge is -2.07. The van der Waals surface area contributed by atoms with E-state index in [0.29, 0.717) is 0 Å². The number of aliphatic hydroxyl groups is 1. The minimum atomic E-state index is -0.644. The SMILES string of the molecule is CC(O)COc1ccccc1[N+](=O)[O-].N. The summed E-state index contributed by atoms with van der Waals surface area (Å²) >= 11 is 0. The molecular weight excluding hydrogens is 200 g/mol. The van der Waals surface area contributed by atoms with Crippen molar-refractivity contribution in [2.45, 2.75) is 13.0 Å². The monoisotopic (exact) mass is 214 g/mol. The predicted molar refractivity (Wildman–Crippen MR) is 55.3 cm³/mol. The van der Waals surface area contributed by atoms with Crippen LogP contribution in [0, 0.1) is 10.1 Å². The molecule has 15 heavy (non-hydrogen) atoms. The Morgan fingerprint density at radius 1 is 1.53 bits per heavy atom. The molecule has 6 nitrogen and oxygen atoms in total. The minimum absolute atomic E-state index is 0. The maximum Gasteiger partial charge on any atom is 0.310 e. The summed E-state index contributed by atoms with van der Waals surface area (Å²) in [5.74, 6) is 0.179. The number of hydrogen-bond acceptors (Lipinski definition) is 5. The Bertz CT molecular complexity index is 328. The van der Waals surface area contributed by atoms with Crippen LogP contribution in [0.3, 0.4) is 0 Å². The van der Waals surface area contributed by atoms with Gasteiger partial charge in [-0.05, 0) is 13.0 Å². The third-order valence-electron chi connectivity index (χ3n) is 1.54. The largest absolute Gasteiger partial charge is 0.484 e. The third-order valence-corrected chi connectivity index (χ3v) is 1.54. The van der Waals surface area contributed by atoms with Gasteiger partial charge in [0.15, 0.2) is 5.75 Å². The summed E-state index contributed by atoms with van der Waals surface area (Å²) < 4.78 is 5.07. The molecule has 6 heteroatoms. The van der Waals surface area contributed by atoms with Crippen molar-refractivity contribution in [3.63, 3.8) is 0 Å². The van der Waals surface area contributed by atoms with Crippen LogP contribution in [0.2, 0.25) is 0 Å². The Balaban J connectivity index is 0.00000196. The van der Waals surface area contributed by atoms with E-state index in [4.69, 9.17) is 9.84 Å². The molecule has 0 aliphatic carbocycles. The standard InChI is InChI=1S/C9H11NO4.H3N/c1-7(11)6-14-9-5-3-2-4-8(9)10(12)13;/h2-5,7,11H,6H2,1H3;1H3. The first-order valence-electron chi connectivity index (χ1n) is 4.15. The zero-order valence-electron chi connectivity index (χ0n) is 8.42. The van der Waals surface area contributed by atoms with E-state index in [1.807, 2.05) is 0 Å². The van der Waals surface area contributed by atoms with Gasteiger partial charge in [-0.2, -0.15) is 0 Å². The third kappa shape index (κ3) is 3.92. The Hall–Kier alpha value is -1.66. The number of nitro benzene ring substituents is 1. The van der Waals surface area contributed by atoms with Gasteiger partial charge in [-0.1, -0.05) is 12.1 Å². The number of nitrogens with zero attached hydrogens (tertiary/aromatic N) is 1. The number of rotatable bonds is 4. The highest BCUT2D eigenvalue weighted by atomic mass is 16.6. The highest BCUT2D eigenvalue weighted by Crippen LogP contribution is 2.25. The molecule has 0 aliphatic heterocycles.